The molecule has 0 amide bonds. The lowest BCUT2D eigenvalue weighted by Crippen LogP contribution is -2.14. The number of fused-ring (bicyclic) bond motifs is 8. The molecule has 0 radical (unpaired) electrons. The summed E-state index contributed by atoms with van der Waals surface area (Å²) in [6.07, 6.45) is 0. The summed E-state index contributed by atoms with van der Waals surface area (Å²) in [4.78, 5) is 0. The smallest absolute Gasteiger partial charge is 0.0158 e. The summed E-state index contributed by atoms with van der Waals surface area (Å²) in [6, 6.07) is 152. The molecule has 476 valence electrons. The molecule has 16 aromatic carbocycles. The molecule has 0 heterocycles. The van der Waals surface area contributed by atoms with Crippen LogP contribution in [0, 0.1) is 0 Å². The SMILES string of the molecule is CC1(C)c2ccccc2-c2ccccc21.CC1(C)c2ccccc2-c2ccccc21.c1ccc(-c2cccc(-c3ccccc3)c2)cc1.c1ccc(-c2ccccc2)cc1.c1ccc(-c2ccccc2)cc1.c1ccc2ccccc2c1.c1ccc2ccccc2c1.c1ccccc1. The van der Waals surface area contributed by atoms with Gasteiger partial charge in [0.25, 0.3) is 0 Å². The maximum absolute atomic E-state index is 2.30. The molecule has 2 aliphatic carbocycles. The van der Waals surface area contributed by atoms with Crippen LogP contribution >= 0.6 is 0 Å². The second kappa shape index (κ2) is 34.4. The van der Waals surface area contributed by atoms with Crippen LogP contribution in [0.5, 0.6) is 0 Å². The molecule has 0 saturated heterocycles. The minimum absolute atomic E-state index is 0.160. The van der Waals surface area contributed by atoms with Crippen LogP contribution in [0.25, 0.3) is 88.3 Å². The van der Waals surface area contributed by atoms with Crippen LogP contribution in [-0.2, 0) is 10.8 Å². The molecule has 0 atom stereocenters. The van der Waals surface area contributed by atoms with E-state index in [1.165, 1.54) is 111 Å². The second-order valence-electron chi connectivity index (χ2n) is 25.1. The molecular weight excluding hydrogens is 1180 g/mol. The standard InChI is InChI=1S/C18H14.2C15H14.2C12H10.2C10H8.C6H6/c1-3-8-15(9-4-1)17-12-7-13-18(14-17)16-10-5-2-6-11-16;2*1-15(2)13-9-5-3-7-11(13)12-8-4-6-10-14(12)15;2*1-3-7-11(8-4-1)12-9-5-2-6-10-12;2*1-2-6-10-8-4-3-7-9(10)5-1;1-2-4-6-5-3-1/h1-14H;2*3-10H,1-2H3;2*1-10H;2*1-8H;1-6H. The highest BCUT2D eigenvalue weighted by molar-refractivity contribution is 5.84. The van der Waals surface area contributed by atoms with Crippen LogP contribution < -0.4 is 0 Å². The first-order valence-corrected chi connectivity index (χ1v) is 33.9. The van der Waals surface area contributed by atoms with Gasteiger partial charge in [-0.3, -0.25) is 0 Å². The molecule has 0 fully saturated rings. The summed E-state index contributed by atoms with van der Waals surface area (Å²) in [6.45, 7) is 9.21. The third-order valence-corrected chi connectivity index (χ3v) is 17.8. The summed E-state index contributed by atoms with van der Waals surface area (Å²) >= 11 is 0. The van der Waals surface area contributed by atoms with E-state index in [0.717, 1.165) is 0 Å². The summed E-state index contributed by atoms with van der Waals surface area (Å²) in [5.74, 6) is 0. The average Bonchev–Trinajstić information content (AvgIpc) is 1.60. The van der Waals surface area contributed by atoms with Crippen molar-refractivity contribution >= 4 is 21.5 Å². The summed E-state index contributed by atoms with van der Waals surface area (Å²) in [5.41, 5.74) is 21.9. The Balaban J connectivity index is 0.000000115. The Morgan fingerprint density at radius 2 is 0.276 bits per heavy atom. The maximum atomic E-state index is 2.30. The van der Waals surface area contributed by atoms with Gasteiger partial charge in [0.15, 0.2) is 0 Å². The highest BCUT2D eigenvalue weighted by Gasteiger charge is 2.35. The summed E-state index contributed by atoms with van der Waals surface area (Å²) in [7, 11) is 0. The lowest BCUT2D eigenvalue weighted by molar-refractivity contribution is 0.660. The van der Waals surface area contributed by atoms with Gasteiger partial charge in [-0.15, -0.1) is 0 Å². The molecule has 0 bridgehead atoms. The van der Waals surface area contributed by atoms with E-state index in [4.69, 9.17) is 0 Å². The minimum atomic E-state index is 0.160. The third kappa shape index (κ3) is 17.9. The molecule has 0 heteroatoms. The molecule has 0 spiro atoms. The molecule has 0 nitrogen and oxygen atoms in total. The Labute approximate surface area is 582 Å². The molecule has 18 rings (SSSR count). The summed E-state index contributed by atoms with van der Waals surface area (Å²) in [5, 5.41) is 5.24. The van der Waals surface area contributed by atoms with Gasteiger partial charge in [0.05, 0.1) is 0 Å². The molecule has 0 N–H and O–H groups in total. The van der Waals surface area contributed by atoms with E-state index >= 15 is 0 Å². The van der Waals surface area contributed by atoms with Crippen molar-refractivity contribution in [3.63, 3.8) is 0 Å². The van der Waals surface area contributed by atoms with Crippen molar-refractivity contribution in [3.8, 4) is 66.8 Å². The Kier molecular flexibility index (Phi) is 23.7. The van der Waals surface area contributed by atoms with Crippen molar-refractivity contribution in [2.75, 3.05) is 0 Å². The first-order valence-electron chi connectivity index (χ1n) is 33.9. The van der Waals surface area contributed by atoms with Gasteiger partial charge in [0, 0.05) is 10.8 Å². The molecule has 2 aliphatic rings. The van der Waals surface area contributed by atoms with Crippen molar-refractivity contribution in [2.45, 2.75) is 38.5 Å². The molecule has 98 heavy (non-hydrogen) atoms. The third-order valence-electron chi connectivity index (χ3n) is 17.8. The molecule has 16 aromatic rings. The van der Waals surface area contributed by atoms with Gasteiger partial charge in [-0.2, -0.15) is 0 Å². The van der Waals surface area contributed by atoms with Gasteiger partial charge in [-0.05, 0) is 117 Å². The molecule has 0 saturated carbocycles. The van der Waals surface area contributed by atoms with Crippen LogP contribution in [-0.4, -0.2) is 0 Å². The average molecular weight is 1260 g/mol. The van der Waals surface area contributed by atoms with E-state index in [1.54, 1.807) is 0 Å². The van der Waals surface area contributed by atoms with Crippen LogP contribution in [0.15, 0.2) is 437 Å². The van der Waals surface area contributed by atoms with Crippen molar-refractivity contribution in [3.05, 3.63) is 459 Å². The number of benzene rings is 16. The van der Waals surface area contributed by atoms with E-state index in [1.807, 2.05) is 72.8 Å². The van der Waals surface area contributed by atoms with Crippen LogP contribution in [0.4, 0.5) is 0 Å². The first-order chi connectivity index (χ1) is 48.2. The van der Waals surface area contributed by atoms with E-state index in [9.17, 15) is 0 Å². The highest BCUT2D eigenvalue weighted by Crippen LogP contribution is 2.49. The zero-order valence-electron chi connectivity index (χ0n) is 56.6. The maximum Gasteiger partial charge on any atom is 0.0158 e. The Morgan fingerprint density at radius 3 is 0.480 bits per heavy atom. The molecule has 0 aromatic heterocycles. The van der Waals surface area contributed by atoms with Crippen molar-refractivity contribution in [2.24, 2.45) is 0 Å². The van der Waals surface area contributed by atoms with Gasteiger partial charge in [-0.25, -0.2) is 0 Å². The monoisotopic (exact) mass is 1260 g/mol. The fourth-order valence-electron chi connectivity index (χ4n) is 12.7. The molecule has 0 unspecified atom stereocenters. The number of hydrogen-bond acceptors (Lipinski definition) is 0. The van der Waals surface area contributed by atoms with E-state index in [-0.39, 0.29) is 10.8 Å². The van der Waals surface area contributed by atoms with Crippen molar-refractivity contribution in [1.82, 2.24) is 0 Å². The van der Waals surface area contributed by atoms with Gasteiger partial charge in [-0.1, -0.05) is 458 Å². The Hall–Kier alpha value is -12.0. The zero-order valence-corrected chi connectivity index (χ0v) is 56.6. The second-order valence-corrected chi connectivity index (χ2v) is 25.1. The summed E-state index contributed by atoms with van der Waals surface area (Å²) < 4.78 is 0. The fraction of sp³-hybridized carbons (Fsp3) is 0.0612. The zero-order chi connectivity index (χ0) is 67.5. The fourth-order valence-corrected chi connectivity index (χ4v) is 12.7. The molecule has 0 aliphatic heterocycles. The van der Waals surface area contributed by atoms with Gasteiger partial charge < -0.3 is 0 Å². The topological polar surface area (TPSA) is 0 Å². The van der Waals surface area contributed by atoms with Crippen LogP contribution in [0.2, 0.25) is 0 Å². The number of rotatable bonds is 4. The van der Waals surface area contributed by atoms with E-state index in [0.29, 0.717) is 0 Å². The Morgan fingerprint density at radius 1 is 0.133 bits per heavy atom. The minimum Gasteiger partial charge on any atom is -0.0623 e. The van der Waals surface area contributed by atoms with Gasteiger partial charge >= 0.3 is 0 Å². The Bertz CT molecular complexity index is 4350. The van der Waals surface area contributed by atoms with Crippen molar-refractivity contribution < 1.29 is 0 Å². The van der Waals surface area contributed by atoms with Crippen LogP contribution in [0.1, 0.15) is 49.9 Å². The van der Waals surface area contributed by atoms with E-state index < -0.39 is 0 Å². The normalized spacial score (nSPS) is 11.6. The first kappa shape index (κ1) is 67.5. The predicted molar refractivity (Wildman–Crippen MR) is 423 cm³/mol. The lowest BCUT2D eigenvalue weighted by Gasteiger charge is -2.20. The van der Waals surface area contributed by atoms with E-state index in [2.05, 4.69) is 392 Å². The van der Waals surface area contributed by atoms with Crippen molar-refractivity contribution in [1.29, 1.82) is 0 Å². The largest absolute Gasteiger partial charge is 0.0623 e. The van der Waals surface area contributed by atoms with Gasteiger partial charge in [0.1, 0.15) is 0 Å². The highest BCUT2D eigenvalue weighted by atomic mass is 14.4. The lowest BCUT2D eigenvalue weighted by atomic mass is 9.82. The van der Waals surface area contributed by atoms with Gasteiger partial charge in [0.2, 0.25) is 0 Å². The predicted octanol–water partition coefficient (Wildman–Crippen LogP) is 27.1. The van der Waals surface area contributed by atoms with Crippen LogP contribution in [0.3, 0.4) is 0 Å². The quantitative estimate of drug-likeness (QED) is 0.165. The number of hydrogen-bond donors (Lipinski definition) is 0. The molecular formula is C98H84.